The normalized spacial score (nSPS) is 13.1. The zero-order chi connectivity index (χ0) is 18.0. The molecule has 0 fully saturated rings. The van der Waals surface area contributed by atoms with Crippen LogP contribution in [0.1, 0.15) is 55.1 Å². The first-order chi connectivity index (χ1) is 12.1. The fourth-order valence-corrected chi connectivity index (χ4v) is 4.52. The van der Waals surface area contributed by atoms with E-state index in [2.05, 4.69) is 24.4 Å². The number of benzene rings is 1. The summed E-state index contributed by atoms with van der Waals surface area (Å²) in [5, 5.41) is 3.59. The summed E-state index contributed by atoms with van der Waals surface area (Å²) in [6, 6.07) is 8.16. The van der Waals surface area contributed by atoms with Crippen molar-refractivity contribution in [1.29, 1.82) is 0 Å². The molecule has 1 amide bonds. The summed E-state index contributed by atoms with van der Waals surface area (Å²) in [4.78, 5) is 26.1. The lowest BCUT2D eigenvalue weighted by molar-refractivity contribution is -0.119. The van der Waals surface area contributed by atoms with Crippen molar-refractivity contribution in [2.45, 2.75) is 40.0 Å². The summed E-state index contributed by atoms with van der Waals surface area (Å²) in [6.45, 7) is 6.08. The van der Waals surface area contributed by atoms with Gasteiger partial charge in [-0.25, -0.2) is 4.79 Å². The highest BCUT2D eigenvalue weighted by atomic mass is 32.1. The Morgan fingerprint density at radius 3 is 2.76 bits per heavy atom. The molecule has 25 heavy (non-hydrogen) atoms. The first-order valence-corrected chi connectivity index (χ1v) is 9.60. The monoisotopic (exact) mass is 357 g/mol. The van der Waals surface area contributed by atoms with Crippen LogP contribution in [-0.4, -0.2) is 18.5 Å². The van der Waals surface area contributed by atoms with Gasteiger partial charge in [0.15, 0.2) is 0 Å². The molecule has 0 radical (unpaired) electrons. The largest absolute Gasteiger partial charge is 0.462 e. The van der Waals surface area contributed by atoms with E-state index in [1.165, 1.54) is 16.9 Å². The van der Waals surface area contributed by atoms with Gasteiger partial charge in [-0.2, -0.15) is 0 Å². The second-order valence-electron chi connectivity index (χ2n) is 6.35. The third-order valence-corrected chi connectivity index (χ3v) is 5.70. The van der Waals surface area contributed by atoms with Crippen LogP contribution in [0.15, 0.2) is 24.3 Å². The van der Waals surface area contributed by atoms with Crippen LogP contribution in [0.2, 0.25) is 0 Å². The summed E-state index contributed by atoms with van der Waals surface area (Å²) >= 11 is 1.48. The first kappa shape index (κ1) is 17.7. The smallest absolute Gasteiger partial charge is 0.341 e. The molecule has 1 aliphatic rings. The molecule has 0 unspecified atom stereocenters. The van der Waals surface area contributed by atoms with Gasteiger partial charge in [-0.3, -0.25) is 4.79 Å². The molecule has 5 heteroatoms. The number of thiophene rings is 1. The molecule has 1 atom stereocenters. The maximum Gasteiger partial charge on any atom is 0.341 e. The van der Waals surface area contributed by atoms with Gasteiger partial charge in [-0.1, -0.05) is 44.5 Å². The van der Waals surface area contributed by atoms with Crippen molar-refractivity contribution < 1.29 is 14.3 Å². The second kappa shape index (κ2) is 7.40. The molecule has 4 nitrogen and oxygen atoms in total. The van der Waals surface area contributed by atoms with Gasteiger partial charge in [0.05, 0.1) is 12.2 Å². The number of amides is 1. The Morgan fingerprint density at radius 1 is 1.28 bits per heavy atom. The summed E-state index contributed by atoms with van der Waals surface area (Å²) in [5.41, 5.74) is 3.86. The highest BCUT2D eigenvalue weighted by Crippen LogP contribution is 2.47. The van der Waals surface area contributed by atoms with Crippen LogP contribution >= 0.6 is 11.3 Å². The molecule has 1 aromatic heterocycles. The molecule has 1 aromatic carbocycles. The van der Waals surface area contributed by atoms with Crippen molar-refractivity contribution in [2.24, 2.45) is 5.92 Å². The molecule has 0 saturated heterocycles. The van der Waals surface area contributed by atoms with E-state index in [-0.39, 0.29) is 17.8 Å². The van der Waals surface area contributed by atoms with Crippen LogP contribution in [-0.2, 0) is 16.0 Å². The number of ether oxygens (including phenoxy) is 1. The number of esters is 1. The lowest BCUT2D eigenvalue weighted by Gasteiger charge is -2.12. The summed E-state index contributed by atoms with van der Waals surface area (Å²) < 4.78 is 5.26. The summed E-state index contributed by atoms with van der Waals surface area (Å²) in [7, 11) is 0. The number of nitrogens with one attached hydrogen (secondary N) is 1. The molecule has 0 bridgehead atoms. The minimum atomic E-state index is -0.355. The van der Waals surface area contributed by atoms with E-state index in [0.29, 0.717) is 23.6 Å². The fourth-order valence-electron chi connectivity index (χ4n) is 3.24. The van der Waals surface area contributed by atoms with Crippen LogP contribution in [0.25, 0.3) is 10.4 Å². The molecule has 1 aliphatic carbocycles. The van der Waals surface area contributed by atoms with Crippen LogP contribution in [0.4, 0.5) is 5.00 Å². The number of rotatable bonds is 6. The first-order valence-electron chi connectivity index (χ1n) is 8.78. The zero-order valence-electron chi connectivity index (χ0n) is 14.8. The van der Waals surface area contributed by atoms with Crippen molar-refractivity contribution in [3.8, 4) is 10.4 Å². The van der Waals surface area contributed by atoms with Gasteiger partial charge in [-0.05, 0) is 30.0 Å². The third kappa shape index (κ3) is 3.33. The average Bonchev–Trinajstić information content (AvgIpc) is 3.10. The van der Waals surface area contributed by atoms with E-state index in [9.17, 15) is 9.59 Å². The molecule has 0 spiro atoms. The van der Waals surface area contributed by atoms with Gasteiger partial charge in [-0.15, -0.1) is 11.3 Å². The average molecular weight is 357 g/mol. The van der Waals surface area contributed by atoms with Gasteiger partial charge in [0.1, 0.15) is 5.00 Å². The lowest BCUT2D eigenvalue weighted by Crippen LogP contribution is -2.21. The summed E-state index contributed by atoms with van der Waals surface area (Å²) in [6.07, 6.45) is 2.48. The Balaban J connectivity index is 1.99. The topological polar surface area (TPSA) is 55.4 Å². The number of hydrogen-bond donors (Lipinski definition) is 1. The van der Waals surface area contributed by atoms with Crippen molar-refractivity contribution >= 4 is 28.2 Å². The molecule has 0 saturated carbocycles. The van der Waals surface area contributed by atoms with Crippen molar-refractivity contribution in [3.63, 3.8) is 0 Å². The lowest BCUT2D eigenvalue weighted by atomic mass is 10.1. The molecule has 2 aromatic rings. The number of anilines is 1. The van der Waals surface area contributed by atoms with E-state index in [1.54, 1.807) is 6.92 Å². The Morgan fingerprint density at radius 2 is 2.04 bits per heavy atom. The maximum atomic E-state index is 12.5. The van der Waals surface area contributed by atoms with E-state index < -0.39 is 0 Å². The predicted octanol–water partition coefficient (Wildman–Crippen LogP) is 4.87. The zero-order valence-corrected chi connectivity index (χ0v) is 15.7. The Bertz CT molecular complexity index is 809. The molecular weight excluding hydrogens is 334 g/mol. The van der Waals surface area contributed by atoms with E-state index in [1.807, 2.05) is 19.1 Å². The van der Waals surface area contributed by atoms with Gasteiger partial charge < -0.3 is 10.1 Å². The molecule has 1 heterocycles. The number of hydrogen-bond acceptors (Lipinski definition) is 4. The van der Waals surface area contributed by atoms with Crippen molar-refractivity contribution in [1.82, 2.24) is 0 Å². The van der Waals surface area contributed by atoms with Crippen LogP contribution in [0.3, 0.4) is 0 Å². The van der Waals surface area contributed by atoms with Gasteiger partial charge >= 0.3 is 5.97 Å². The number of carbonyl (C=O) groups is 2. The quantitative estimate of drug-likeness (QED) is 0.640. The highest BCUT2D eigenvalue weighted by Gasteiger charge is 2.31. The van der Waals surface area contributed by atoms with E-state index in [0.717, 1.165) is 28.8 Å². The predicted molar refractivity (Wildman–Crippen MR) is 101 cm³/mol. The van der Waals surface area contributed by atoms with Gasteiger partial charge in [0, 0.05) is 17.2 Å². The molecule has 0 aliphatic heterocycles. The minimum absolute atomic E-state index is 0.0411. The molecule has 132 valence electrons. The number of fused-ring (bicyclic) bond motifs is 3. The van der Waals surface area contributed by atoms with Crippen LogP contribution < -0.4 is 5.32 Å². The third-order valence-electron chi connectivity index (χ3n) is 4.52. The van der Waals surface area contributed by atoms with Gasteiger partial charge in [0.25, 0.3) is 0 Å². The minimum Gasteiger partial charge on any atom is -0.462 e. The molecule has 3 rings (SSSR count). The van der Waals surface area contributed by atoms with Gasteiger partial charge in [0.2, 0.25) is 5.91 Å². The van der Waals surface area contributed by atoms with Crippen molar-refractivity contribution in [3.05, 3.63) is 41.0 Å². The Kier molecular flexibility index (Phi) is 5.23. The second-order valence-corrected chi connectivity index (χ2v) is 7.37. The summed E-state index contributed by atoms with van der Waals surface area (Å²) in [5.74, 6) is -0.476. The van der Waals surface area contributed by atoms with E-state index >= 15 is 0 Å². The maximum absolute atomic E-state index is 12.5. The molecular formula is C20H23NO3S. The Labute approximate surface area is 152 Å². The fraction of sp³-hybridized carbons (Fsp3) is 0.400. The SMILES string of the molecule is CCC[C@@H](C)C(=O)Nc1sc2c(c1C(=O)OCC)Cc1ccccc1-2. The highest BCUT2D eigenvalue weighted by molar-refractivity contribution is 7.20. The standard InChI is InChI=1S/C20H23NO3S/c1-4-8-12(3)18(22)21-19-16(20(23)24-5-2)15-11-13-9-6-7-10-14(13)17(15)25-19/h6-7,9-10,12H,4-5,8,11H2,1-3H3,(H,21,22)/t12-/m1/s1. The number of carbonyl (C=O) groups excluding carboxylic acids is 2. The molecule has 1 N–H and O–H groups in total. The van der Waals surface area contributed by atoms with Crippen LogP contribution in [0.5, 0.6) is 0 Å². The van der Waals surface area contributed by atoms with E-state index in [4.69, 9.17) is 4.74 Å². The van der Waals surface area contributed by atoms with Crippen LogP contribution in [0, 0.1) is 5.92 Å². The van der Waals surface area contributed by atoms with Crippen molar-refractivity contribution in [2.75, 3.05) is 11.9 Å². The Hall–Kier alpha value is -2.14.